The second kappa shape index (κ2) is 14.2. The van der Waals surface area contributed by atoms with Gasteiger partial charge in [0, 0.05) is 25.0 Å². The molecule has 1 aliphatic heterocycles. The van der Waals surface area contributed by atoms with Crippen LogP contribution in [0.3, 0.4) is 0 Å². The van der Waals surface area contributed by atoms with Crippen molar-refractivity contribution in [3.05, 3.63) is 0 Å². The third-order valence-corrected chi connectivity index (χ3v) is 5.03. The maximum Gasteiger partial charge on any atom is 0.220 e. The molecule has 1 saturated heterocycles. The maximum atomic E-state index is 12.0. The van der Waals surface area contributed by atoms with Crippen molar-refractivity contribution in [1.29, 1.82) is 0 Å². The molecule has 4 nitrogen and oxygen atoms in total. The van der Waals surface area contributed by atoms with E-state index in [0.717, 1.165) is 44.7 Å². The van der Waals surface area contributed by atoms with E-state index in [0.29, 0.717) is 6.42 Å². The Morgan fingerprint density at radius 3 is 2.50 bits per heavy atom. The van der Waals surface area contributed by atoms with Crippen LogP contribution in [0.4, 0.5) is 0 Å². The molecule has 0 aliphatic carbocycles. The average Bonchev–Trinajstić information content (AvgIpc) is 2.53. The fraction of sp³-hybridized carbons (Fsp3) is 0.944. The fourth-order valence-electron chi connectivity index (χ4n) is 3.25. The lowest BCUT2D eigenvalue weighted by Crippen LogP contribution is -2.54. The van der Waals surface area contributed by atoms with Gasteiger partial charge in [0.2, 0.25) is 5.91 Å². The molecule has 146 valence electrons. The molecule has 0 bridgehead atoms. The van der Waals surface area contributed by atoms with E-state index in [4.69, 9.17) is 5.73 Å². The molecule has 1 unspecified atom stereocenters. The fourth-order valence-corrected chi connectivity index (χ4v) is 3.25. The van der Waals surface area contributed by atoms with Crippen molar-refractivity contribution in [2.45, 2.75) is 77.7 Å². The summed E-state index contributed by atoms with van der Waals surface area (Å²) in [6.07, 6.45) is 8.87. The summed E-state index contributed by atoms with van der Waals surface area (Å²) in [6, 6.07) is 0. The molecule has 1 aliphatic rings. The average molecular weight is 384 g/mol. The smallest absolute Gasteiger partial charge is 0.220 e. The highest BCUT2D eigenvalue weighted by molar-refractivity contribution is 5.85. The summed E-state index contributed by atoms with van der Waals surface area (Å²) in [6.45, 7) is 10.7. The SMILES string of the molecule is CCC1CCCN(C(C)(C)CNC(=O)CCCCCCN)C1.Cl.Cl. The van der Waals surface area contributed by atoms with Crippen LogP contribution in [0.2, 0.25) is 0 Å². The molecule has 3 N–H and O–H groups in total. The molecule has 0 aromatic rings. The van der Waals surface area contributed by atoms with Crippen molar-refractivity contribution in [2.75, 3.05) is 26.2 Å². The Kier molecular flexibility index (Phi) is 15.5. The van der Waals surface area contributed by atoms with E-state index in [1.807, 2.05) is 0 Å². The van der Waals surface area contributed by atoms with E-state index in [1.54, 1.807) is 0 Å². The van der Waals surface area contributed by atoms with Gasteiger partial charge in [-0.3, -0.25) is 9.69 Å². The maximum absolute atomic E-state index is 12.0. The summed E-state index contributed by atoms with van der Waals surface area (Å²) in [4.78, 5) is 14.5. The Labute approximate surface area is 161 Å². The van der Waals surface area contributed by atoms with E-state index >= 15 is 0 Å². The van der Waals surface area contributed by atoms with E-state index in [9.17, 15) is 4.79 Å². The quantitative estimate of drug-likeness (QED) is 0.564. The van der Waals surface area contributed by atoms with Gasteiger partial charge in [0.05, 0.1) is 0 Å². The molecule has 1 heterocycles. The summed E-state index contributed by atoms with van der Waals surface area (Å²) < 4.78 is 0. The summed E-state index contributed by atoms with van der Waals surface area (Å²) >= 11 is 0. The molecule has 0 spiro atoms. The number of likely N-dealkylation sites (tertiary alicyclic amines) is 1. The van der Waals surface area contributed by atoms with Crippen molar-refractivity contribution in [3.63, 3.8) is 0 Å². The number of unbranched alkanes of at least 4 members (excludes halogenated alkanes) is 3. The Bertz CT molecular complexity index is 327. The van der Waals surface area contributed by atoms with Crippen LogP contribution in [0, 0.1) is 5.92 Å². The molecule has 1 amide bonds. The van der Waals surface area contributed by atoms with Gasteiger partial charge in [-0.2, -0.15) is 0 Å². The highest BCUT2D eigenvalue weighted by atomic mass is 35.5. The number of nitrogens with zero attached hydrogens (tertiary/aromatic N) is 1. The molecule has 1 rings (SSSR count). The van der Waals surface area contributed by atoms with Gasteiger partial charge in [-0.15, -0.1) is 24.8 Å². The summed E-state index contributed by atoms with van der Waals surface area (Å²) in [5, 5.41) is 3.14. The van der Waals surface area contributed by atoms with Crippen LogP contribution < -0.4 is 11.1 Å². The van der Waals surface area contributed by atoms with Crippen LogP contribution in [0.5, 0.6) is 0 Å². The Balaban J connectivity index is 0. The highest BCUT2D eigenvalue weighted by Crippen LogP contribution is 2.25. The molecule has 1 fully saturated rings. The first kappa shape index (κ1) is 26.2. The second-order valence-electron chi connectivity index (χ2n) is 7.40. The molecule has 24 heavy (non-hydrogen) atoms. The van der Waals surface area contributed by atoms with Crippen LogP contribution >= 0.6 is 24.8 Å². The van der Waals surface area contributed by atoms with E-state index in [-0.39, 0.29) is 36.3 Å². The lowest BCUT2D eigenvalue weighted by atomic mass is 9.91. The first-order valence-electron chi connectivity index (χ1n) is 9.21. The predicted octanol–water partition coefficient (Wildman–Crippen LogP) is 3.76. The van der Waals surface area contributed by atoms with Gasteiger partial charge in [-0.1, -0.05) is 26.2 Å². The van der Waals surface area contributed by atoms with E-state index in [1.165, 1.54) is 32.4 Å². The minimum Gasteiger partial charge on any atom is -0.354 e. The van der Waals surface area contributed by atoms with Gasteiger partial charge in [0.1, 0.15) is 0 Å². The number of halogens is 2. The molecule has 0 radical (unpaired) electrons. The number of carbonyl (C=O) groups is 1. The van der Waals surface area contributed by atoms with Crippen LogP contribution in [0.25, 0.3) is 0 Å². The summed E-state index contributed by atoms with van der Waals surface area (Å²) in [5.74, 6) is 1.02. The Hall–Kier alpha value is -0.0300. The van der Waals surface area contributed by atoms with E-state index < -0.39 is 0 Å². The minimum atomic E-state index is 0. The zero-order valence-corrected chi connectivity index (χ0v) is 17.4. The lowest BCUT2D eigenvalue weighted by Gasteiger charge is -2.43. The third-order valence-electron chi connectivity index (χ3n) is 5.03. The molecule has 0 saturated carbocycles. The van der Waals surface area contributed by atoms with Crippen LogP contribution in [-0.4, -0.2) is 42.5 Å². The van der Waals surface area contributed by atoms with Crippen molar-refractivity contribution >= 4 is 30.7 Å². The number of nitrogens with two attached hydrogens (primary N) is 1. The number of rotatable bonds is 10. The topological polar surface area (TPSA) is 58.4 Å². The summed E-state index contributed by atoms with van der Waals surface area (Å²) in [7, 11) is 0. The van der Waals surface area contributed by atoms with E-state index in [2.05, 4.69) is 31.0 Å². The number of hydrogen-bond acceptors (Lipinski definition) is 3. The zero-order valence-electron chi connectivity index (χ0n) is 15.8. The van der Waals surface area contributed by atoms with Crippen LogP contribution in [0.1, 0.15) is 72.1 Å². The van der Waals surface area contributed by atoms with Crippen molar-refractivity contribution in [1.82, 2.24) is 10.2 Å². The standard InChI is InChI=1S/C18H37N3O.2ClH/c1-4-16-10-9-13-21(14-16)18(2,3)15-20-17(22)11-7-5-6-8-12-19;;/h16H,4-15,19H2,1-3H3,(H,20,22);2*1H. The molecular formula is C18H39Cl2N3O. The molecule has 0 aromatic carbocycles. The third kappa shape index (κ3) is 10.1. The first-order valence-corrected chi connectivity index (χ1v) is 9.21. The Morgan fingerprint density at radius 2 is 1.88 bits per heavy atom. The van der Waals surface area contributed by atoms with Crippen LogP contribution in [0.15, 0.2) is 0 Å². The van der Waals surface area contributed by atoms with Crippen molar-refractivity contribution in [2.24, 2.45) is 11.7 Å². The Morgan fingerprint density at radius 1 is 1.21 bits per heavy atom. The van der Waals surface area contributed by atoms with Crippen molar-refractivity contribution < 1.29 is 4.79 Å². The normalized spacial score (nSPS) is 18.4. The number of piperidine rings is 1. The predicted molar refractivity (Wildman–Crippen MR) is 108 cm³/mol. The zero-order chi connectivity index (χ0) is 16.4. The second-order valence-corrected chi connectivity index (χ2v) is 7.40. The number of nitrogens with one attached hydrogen (secondary N) is 1. The van der Waals surface area contributed by atoms with Gasteiger partial charge in [0.25, 0.3) is 0 Å². The highest BCUT2D eigenvalue weighted by Gasteiger charge is 2.31. The minimum absolute atomic E-state index is 0. The number of carbonyl (C=O) groups excluding carboxylic acids is 1. The first-order chi connectivity index (χ1) is 10.5. The molecular weight excluding hydrogens is 345 g/mol. The summed E-state index contributed by atoms with van der Waals surface area (Å²) in [5.41, 5.74) is 5.53. The molecule has 0 aromatic heterocycles. The van der Waals surface area contributed by atoms with Gasteiger partial charge >= 0.3 is 0 Å². The molecule has 1 atom stereocenters. The van der Waals surface area contributed by atoms with Crippen molar-refractivity contribution in [3.8, 4) is 0 Å². The molecule has 6 heteroatoms. The van der Waals surface area contributed by atoms with Gasteiger partial charge in [-0.25, -0.2) is 0 Å². The monoisotopic (exact) mass is 383 g/mol. The number of hydrogen-bond donors (Lipinski definition) is 2. The van der Waals surface area contributed by atoms with Gasteiger partial charge in [0.15, 0.2) is 0 Å². The van der Waals surface area contributed by atoms with Gasteiger partial charge < -0.3 is 11.1 Å². The van der Waals surface area contributed by atoms with Gasteiger partial charge in [-0.05, 0) is 58.5 Å². The van der Waals surface area contributed by atoms with Crippen LogP contribution in [-0.2, 0) is 4.79 Å². The lowest BCUT2D eigenvalue weighted by molar-refractivity contribution is -0.121. The number of amides is 1. The largest absolute Gasteiger partial charge is 0.354 e.